The molecule has 1 aliphatic carbocycles. The summed E-state index contributed by atoms with van der Waals surface area (Å²) in [5, 5.41) is 9.11. The van der Waals surface area contributed by atoms with Crippen LogP contribution in [0.15, 0.2) is 24.3 Å². The molecule has 152 valence electrons. The second kappa shape index (κ2) is 8.33. The summed E-state index contributed by atoms with van der Waals surface area (Å²) in [5.74, 6) is -1.02. The molecule has 1 atom stereocenters. The third-order valence-electron chi connectivity index (χ3n) is 6.41. The molecular formula is C22H30N2O4. The molecule has 2 fully saturated rings. The third-order valence-corrected chi connectivity index (χ3v) is 6.41. The molecule has 1 aliphatic heterocycles. The lowest BCUT2D eigenvalue weighted by molar-refractivity contribution is -0.145. The van der Waals surface area contributed by atoms with E-state index < -0.39 is 11.4 Å². The van der Waals surface area contributed by atoms with Gasteiger partial charge in [-0.25, -0.2) is 0 Å². The van der Waals surface area contributed by atoms with Crippen molar-refractivity contribution in [2.24, 2.45) is 0 Å². The van der Waals surface area contributed by atoms with Crippen molar-refractivity contribution in [1.29, 1.82) is 0 Å². The molecule has 2 amide bonds. The molecule has 1 aromatic carbocycles. The van der Waals surface area contributed by atoms with Crippen LogP contribution in [0.1, 0.15) is 56.6 Å². The van der Waals surface area contributed by atoms with Crippen LogP contribution in [0.3, 0.4) is 0 Å². The molecule has 2 aliphatic rings. The summed E-state index contributed by atoms with van der Waals surface area (Å²) < 4.78 is 0. The Morgan fingerprint density at radius 1 is 1.14 bits per heavy atom. The Kier molecular flexibility index (Phi) is 6.06. The monoisotopic (exact) mass is 386 g/mol. The van der Waals surface area contributed by atoms with Gasteiger partial charge >= 0.3 is 5.97 Å². The maximum atomic E-state index is 13.5. The quantitative estimate of drug-likeness (QED) is 0.844. The van der Waals surface area contributed by atoms with Crippen molar-refractivity contribution in [3.05, 3.63) is 35.4 Å². The van der Waals surface area contributed by atoms with Crippen molar-refractivity contribution in [3.63, 3.8) is 0 Å². The summed E-state index contributed by atoms with van der Waals surface area (Å²) in [4.78, 5) is 40.0. The fourth-order valence-corrected chi connectivity index (χ4v) is 4.78. The molecule has 6 nitrogen and oxygen atoms in total. The van der Waals surface area contributed by atoms with Gasteiger partial charge < -0.3 is 14.9 Å². The molecular weight excluding hydrogens is 356 g/mol. The second-order valence-electron chi connectivity index (χ2n) is 8.17. The molecule has 6 heteroatoms. The summed E-state index contributed by atoms with van der Waals surface area (Å²) in [6.45, 7) is 4.44. The number of benzene rings is 1. The van der Waals surface area contributed by atoms with Gasteiger partial charge in [0, 0.05) is 26.1 Å². The lowest BCUT2D eigenvalue weighted by Crippen LogP contribution is -2.52. The zero-order valence-electron chi connectivity index (χ0n) is 16.8. The van der Waals surface area contributed by atoms with Gasteiger partial charge in [-0.2, -0.15) is 0 Å². The minimum atomic E-state index is -1.000. The van der Waals surface area contributed by atoms with Crippen LogP contribution in [-0.2, 0) is 19.8 Å². The molecule has 0 spiro atoms. The average Bonchev–Trinajstić information content (AvgIpc) is 2.86. The van der Waals surface area contributed by atoms with Crippen molar-refractivity contribution in [2.45, 2.75) is 63.8 Å². The minimum Gasteiger partial charge on any atom is -0.480 e. The van der Waals surface area contributed by atoms with Crippen LogP contribution in [-0.4, -0.2) is 58.4 Å². The third kappa shape index (κ3) is 3.91. The lowest BCUT2D eigenvalue weighted by atomic mass is 9.62. The topological polar surface area (TPSA) is 77.9 Å². The highest BCUT2D eigenvalue weighted by molar-refractivity contribution is 5.90. The van der Waals surface area contributed by atoms with E-state index in [1.807, 2.05) is 17.0 Å². The van der Waals surface area contributed by atoms with Gasteiger partial charge in [-0.3, -0.25) is 14.4 Å². The van der Waals surface area contributed by atoms with E-state index in [0.29, 0.717) is 19.5 Å². The highest BCUT2D eigenvalue weighted by atomic mass is 16.4. The second-order valence-corrected chi connectivity index (χ2v) is 8.17. The van der Waals surface area contributed by atoms with E-state index in [4.69, 9.17) is 5.11 Å². The number of carboxylic acids is 1. The fourth-order valence-electron chi connectivity index (χ4n) is 4.78. The summed E-state index contributed by atoms with van der Waals surface area (Å²) in [5.41, 5.74) is 1.89. The van der Waals surface area contributed by atoms with Crippen LogP contribution in [0, 0.1) is 6.92 Å². The molecule has 1 unspecified atom stereocenters. The Bertz CT molecular complexity index is 757. The van der Waals surface area contributed by atoms with Gasteiger partial charge in [-0.1, -0.05) is 30.7 Å². The van der Waals surface area contributed by atoms with Crippen LogP contribution in [0.2, 0.25) is 0 Å². The zero-order chi connectivity index (χ0) is 20.3. The van der Waals surface area contributed by atoms with Gasteiger partial charge in [0.05, 0.1) is 5.41 Å². The first-order valence-electron chi connectivity index (χ1n) is 10.2. The summed E-state index contributed by atoms with van der Waals surface area (Å²) >= 11 is 0. The van der Waals surface area contributed by atoms with Crippen LogP contribution < -0.4 is 0 Å². The maximum absolute atomic E-state index is 13.5. The van der Waals surface area contributed by atoms with Crippen LogP contribution in [0.5, 0.6) is 0 Å². The van der Waals surface area contributed by atoms with Crippen molar-refractivity contribution < 1.29 is 19.5 Å². The SMILES string of the molecule is CC(=O)N(CC(=O)O)C1CCCN(C(=O)C2(c3ccccc3C)CCC2)CC1. The minimum absolute atomic E-state index is 0.123. The number of amides is 2. The van der Waals surface area contributed by atoms with E-state index in [0.717, 1.165) is 43.2 Å². The summed E-state index contributed by atoms with van der Waals surface area (Å²) in [6.07, 6.45) is 4.97. The number of nitrogens with zero attached hydrogens (tertiary/aromatic N) is 2. The summed E-state index contributed by atoms with van der Waals surface area (Å²) in [6, 6.07) is 8.03. The van der Waals surface area contributed by atoms with Crippen LogP contribution in [0.4, 0.5) is 0 Å². The first-order chi connectivity index (χ1) is 13.3. The number of likely N-dealkylation sites (tertiary alicyclic amines) is 1. The van der Waals surface area contributed by atoms with E-state index in [1.165, 1.54) is 11.8 Å². The lowest BCUT2D eigenvalue weighted by Gasteiger charge is -2.44. The molecule has 1 saturated carbocycles. The first-order valence-corrected chi connectivity index (χ1v) is 10.2. The Hall–Kier alpha value is -2.37. The smallest absolute Gasteiger partial charge is 0.323 e. The Morgan fingerprint density at radius 2 is 1.86 bits per heavy atom. The van der Waals surface area contributed by atoms with E-state index in [2.05, 4.69) is 19.1 Å². The Morgan fingerprint density at radius 3 is 2.43 bits per heavy atom. The number of carboxylic acid groups (broad SMARTS) is 1. The van der Waals surface area contributed by atoms with Gasteiger partial charge in [-0.15, -0.1) is 0 Å². The normalized spacial score (nSPS) is 21.4. The zero-order valence-corrected chi connectivity index (χ0v) is 16.8. The number of hydrogen-bond donors (Lipinski definition) is 1. The van der Waals surface area contributed by atoms with Crippen molar-refractivity contribution in [3.8, 4) is 0 Å². The van der Waals surface area contributed by atoms with E-state index >= 15 is 0 Å². The molecule has 0 bridgehead atoms. The molecule has 1 saturated heterocycles. The van der Waals surface area contributed by atoms with E-state index in [9.17, 15) is 14.4 Å². The molecule has 1 N–H and O–H groups in total. The Balaban J connectivity index is 1.74. The first kappa shape index (κ1) is 20.4. The number of carbonyl (C=O) groups excluding carboxylic acids is 2. The van der Waals surface area contributed by atoms with E-state index in [-0.39, 0.29) is 24.4 Å². The van der Waals surface area contributed by atoms with Crippen molar-refractivity contribution in [2.75, 3.05) is 19.6 Å². The predicted molar refractivity (Wildman–Crippen MR) is 106 cm³/mol. The number of carbonyl (C=O) groups is 3. The largest absolute Gasteiger partial charge is 0.480 e. The molecule has 1 aromatic rings. The van der Waals surface area contributed by atoms with Crippen molar-refractivity contribution in [1.82, 2.24) is 9.80 Å². The van der Waals surface area contributed by atoms with Gasteiger partial charge in [0.25, 0.3) is 0 Å². The number of rotatable bonds is 5. The maximum Gasteiger partial charge on any atom is 0.323 e. The molecule has 0 aromatic heterocycles. The molecule has 3 rings (SSSR count). The molecule has 1 heterocycles. The van der Waals surface area contributed by atoms with Gasteiger partial charge in [0.2, 0.25) is 11.8 Å². The molecule has 0 radical (unpaired) electrons. The Labute approximate surface area is 166 Å². The number of hydrogen-bond acceptors (Lipinski definition) is 3. The van der Waals surface area contributed by atoms with Gasteiger partial charge in [-0.05, 0) is 50.2 Å². The molecule has 28 heavy (non-hydrogen) atoms. The van der Waals surface area contributed by atoms with Crippen LogP contribution in [0.25, 0.3) is 0 Å². The van der Waals surface area contributed by atoms with Gasteiger partial charge in [0.15, 0.2) is 0 Å². The number of aliphatic carboxylic acids is 1. The predicted octanol–water partition coefficient (Wildman–Crippen LogP) is 2.73. The van der Waals surface area contributed by atoms with Crippen molar-refractivity contribution >= 4 is 17.8 Å². The average molecular weight is 386 g/mol. The highest BCUT2D eigenvalue weighted by Gasteiger charge is 2.48. The van der Waals surface area contributed by atoms with Gasteiger partial charge in [0.1, 0.15) is 6.54 Å². The standard InChI is InChI=1S/C22H30N2O4/c1-16-7-3-4-9-19(16)22(11-6-12-22)21(28)23-13-5-8-18(10-14-23)24(17(2)25)15-20(26)27/h3-4,7,9,18H,5-6,8,10-15H2,1-2H3,(H,26,27). The van der Waals surface area contributed by atoms with E-state index in [1.54, 1.807) is 0 Å². The highest BCUT2D eigenvalue weighted by Crippen LogP contribution is 2.46. The fraction of sp³-hybridized carbons (Fsp3) is 0.591. The summed E-state index contributed by atoms with van der Waals surface area (Å²) in [7, 11) is 0. The van der Waals surface area contributed by atoms with Crippen LogP contribution >= 0.6 is 0 Å². The number of aryl methyl sites for hydroxylation is 1.